The summed E-state index contributed by atoms with van der Waals surface area (Å²) in [6.45, 7) is 5.92. The summed E-state index contributed by atoms with van der Waals surface area (Å²) < 4.78 is 11.2. The minimum absolute atomic E-state index is 0.0181. The average molecular weight is 459 g/mol. The van der Waals surface area contributed by atoms with Crippen molar-refractivity contribution in [1.82, 2.24) is 10.2 Å². The number of aryl methyl sites for hydroxylation is 1. The van der Waals surface area contributed by atoms with Crippen molar-refractivity contribution in [3.63, 3.8) is 0 Å². The Hall–Kier alpha value is -3.31. The van der Waals surface area contributed by atoms with Crippen LogP contribution in [-0.2, 0) is 24.2 Å². The van der Waals surface area contributed by atoms with Gasteiger partial charge in [0.05, 0.1) is 26.7 Å². The van der Waals surface area contributed by atoms with E-state index in [-0.39, 0.29) is 18.0 Å². The third-order valence-electron chi connectivity index (χ3n) is 6.60. The number of carbonyl (C=O) groups excluding carboxylic acids is 1. The summed E-state index contributed by atoms with van der Waals surface area (Å²) >= 11 is 0. The number of hydrogen-bond acceptors (Lipinski definition) is 4. The second-order valence-corrected chi connectivity index (χ2v) is 9.08. The largest absolute Gasteiger partial charge is 0.493 e. The molecule has 4 rings (SSSR count). The first-order valence-electron chi connectivity index (χ1n) is 11.9. The van der Waals surface area contributed by atoms with Gasteiger partial charge in [0.25, 0.3) is 0 Å². The Labute approximate surface area is 202 Å². The van der Waals surface area contributed by atoms with Crippen LogP contribution in [-0.4, -0.2) is 37.6 Å². The number of nitrogens with one attached hydrogen (secondary N) is 1. The highest BCUT2D eigenvalue weighted by molar-refractivity contribution is 5.79. The first-order chi connectivity index (χ1) is 16.5. The van der Waals surface area contributed by atoms with Gasteiger partial charge in [-0.15, -0.1) is 0 Å². The molecule has 34 heavy (non-hydrogen) atoms. The van der Waals surface area contributed by atoms with Crippen LogP contribution < -0.4 is 14.8 Å². The number of amides is 1. The molecule has 0 bridgehead atoms. The van der Waals surface area contributed by atoms with Gasteiger partial charge in [0.15, 0.2) is 11.5 Å². The molecule has 0 radical (unpaired) electrons. The summed E-state index contributed by atoms with van der Waals surface area (Å²) in [5.41, 5.74) is 5.96. The SMILES string of the molecule is COc1cc2c(cc1OC)[C@H]([C@H](C)NC(=O)Cc1ccccc1)N(Cc1ccc(C)cc1)CC2. The Morgan fingerprint density at radius 2 is 1.68 bits per heavy atom. The molecule has 1 aliphatic rings. The number of benzene rings is 3. The number of methoxy groups -OCH3 is 2. The first-order valence-corrected chi connectivity index (χ1v) is 11.9. The molecular formula is C29H34N2O3. The van der Waals surface area contributed by atoms with Crippen LogP contribution in [0.3, 0.4) is 0 Å². The number of fused-ring (bicyclic) bond motifs is 1. The summed E-state index contributed by atoms with van der Waals surface area (Å²) in [7, 11) is 3.33. The molecule has 1 amide bonds. The van der Waals surface area contributed by atoms with E-state index >= 15 is 0 Å². The molecule has 0 aromatic heterocycles. The standard InChI is InChI=1S/C29H34N2O3/c1-20-10-12-23(13-11-20)19-31-15-14-24-17-26(33-3)27(34-4)18-25(24)29(31)21(2)30-28(32)16-22-8-6-5-7-9-22/h5-13,17-18,21,29H,14-16,19H2,1-4H3,(H,30,32)/t21-,29-/m0/s1. The third-order valence-corrected chi connectivity index (χ3v) is 6.60. The molecule has 0 unspecified atom stereocenters. The highest BCUT2D eigenvalue weighted by Crippen LogP contribution is 2.40. The van der Waals surface area contributed by atoms with Gasteiger partial charge in [0.1, 0.15) is 0 Å². The molecule has 3 aromatic carbocycles. The molecule has 0 saturated heterocycles. The molecule has 5 nitrogen and oxygen atoms in total. The smallest absolute Gasteiger partial charge is 0.224 e. The number of ether oxygens (including phenoxy) is 2. The Morgan fingerprint density at radius 1 is 1.00 bits per heavy atom. The van der Waals surface area contributed by atoms with Gasteiger partial charge in [0.2, 0.25) is 5.91 Å². The van der Waals surface area contributed by atoms with E-state index < -0.39 is 0 Å². The van der Waals surface area contributed by atoms with E-state index in [1.807, 2.05) is 30.3 Å². The van der Waals surface area contributed by atoms with Crippen LogP contribution in [0.5, 0.6) is 11.5 Å². The lowest BCUT2D eigenvalue weighted by Gasteiger charge is -2.41. The number of nitrogens with zero attached hydrogens (tertiary/aromatic N) is 1. The molecule has 1 N–H and O–H groups in total. The predicted octanol–water partition coefficient (Wildman–Crippen LogP) is 4.86. The fraction of sp³-hybridized carbons (Fsp3) is 0.345. The van der Waals surface area contributed by atoms with E-state index in [0.29, 0.717) is 12.2 Å². The quantitative estimate of drug-likeness (QED) is 0.524. The highest BCUT2D eigenvalue weighted by atomic mass is 16.5. The van der Waals surface area contributed by atoms with E-state index in [1.54, 1.807) is 14.2 Å². The van der Waals surface area contributed by atoms with Gasteiger partial charge in [-0.05, 0) is 54.7 Å². The zero-order valence-electron chi connectivity index (χ0n) is 20.5. The monoisotopic (exact) mass is 458 g/mol. The van der Waals surface area contributed by atoms with Gasteiger partial charge in [-0.3, -0.25) is 9.69 Å². The molecular weight excluding hydrogens is 424 g/mol. The average Bonchev–Trinajstić information content (AvgIpc) is 2.84. The molecule has 0 saturated carbocycles. The highest BCUT2D eigenvalue weighted by Gasteiger charge is 2.33. The molecule has 3 aromatic rings. The van der Waals surface area contributed by atoms with E-state index in [1.165, 1.54) is 22.3 Å². The van der Waals surface area contributed by atoms with Crippen molar-refractivity contribution >= 4 is 5.91 Å². The van der Waals surface area contributed by atoms with Crippen molar-refractivity contribution in [2.45, 2.75) is 45.3 Å². The van der Waals surface area contributed by atoms with Crippen molar-refractivity contribution in [2.24, 2.45) is 0 Å². The van der Waals surface area contributed by atoms with E-state index in [2.05, 4.69) is 60.5 Å². The molecule has 0 fully saturated rings. The normalized spacial score (nSPS) is 16.4. The second kappa shape index (κ2) is 10.7. The molecule has 1 heterocycles. The van der Waals surface area contributed by atoms with E-state index in [4.69, 9.17) is 9.47 Å². The third kappa shape index (κ3) is 5.42. The van der Waals surface area contributed by atoms with Crippen LogP contribution in [0.1, 0.15) is 40.8 Å². The van der Waals surface area contributed by atoms with Crippen molar-refractivity contribution in [1.29, 1.82) is 0 Å². The summed E-state index contributed by atoms with van der Waals surface area (Å²) in [5, 5.41) is 3.28. The molecule has 178 valence electrons. The molecule has 5 heteroatoms. The van der Waals surface area contributed by atoms with Crippen LogP contribution in [0.2, 0.25) is 0 Å². The van der Waals surface area contributed by atoms with Crippen LogP contribution in [0.15, 0.2) is 66.7 Å². The van der Waals surface area contributed by atoms with Gasteiger partial charge in [-0.25, -0.2) is 0 Å². The Bertz CT molecular complexity index is 1110. The van der Waals surface area contributed by atoms with Crippen molar-refractivity contribution < 1.29 is 14.3 Å². The van der Waals surface area contributed by atoms with Gasteiger partial charge >= 0.3 is 0 Å². The van der Waals surface area contributed by atoms with Crippen LogP contribution in [0, 0.1) is 6.92 Å². The molecule has 0 spiro atoms. The Kier molecular flexibility index (Phi) is 7.53. The zero-order valence-corrected chi connectivity index (χ0v) is 20.5. The predicted molar refractivity (Wildman–Crippen MR) is 135 cm³/mol. The van der Waals surface area contributed by atoms with Crippen molar-refractivity contribution in [2.75, 3.05) is 20.8 Å². The van der Waals surface area contributed by atoms with Gasteiger partial charge in [-0.1, -0.05) is 60.2 Å². The maximum absolute atomic E-state index is 12.9. The summed E-state index contributed by atoms with van der Waals surface area (Å²) in [5.74, 6) is 1.49. The van der Waals surface area contributed by atoms with Crippen LogP contribution >= 0.6 is 0 Å². The second-order valence-electron chi connectivity index (χ2n) is 9.08. The number of hydrogen-bond donors (Lipinski definition) is 1. The van der Waals surface area contributed by atoms with Crippen molar-refractivity contribution in [3.05, 3.63) is 94.5 Å². The lowest BCUT2D eigenvalue weighted by molar-refractivity contribution is -0.121. The minimum Gasteiger partial charge on any atom is -0.493 e. The number of carbonyl (C=O) groups is 1. The lowest BCUT2D eigenvalue weighted by atomic mass is 9.87. The summed E-state index contributed by atoms with van der Waals surface area (Å²) in [4.78, 5) is 15.4. The van der Waals surface area contributed by atoms with Crippen LogP contribution in [0.25, 0.3) is 0 Å². The van der Waals surface area contributed by atoms with Crippen molar-refractivity contribution in [3.8, 4) is 11.5 Å². The first kappa shape index (κ1) is 23.8. The maximum Gasteiger partial charge on any atom is 0.224 e. The fourth-order valence-electron chi connectivity index (χ4n) is 4.88. The van der Waals surface area contributed by atoms with Gasteiger partial charge in [0, 0.05) is 19.1 Å². The lowest BCUT2D eigenvalue weighted by Crippen LogP contribution is -2.47. The van der Waals surface area contributed by atoms with Crippen LogP contribution in [0.4, 0.5) is 0 Å². The molecule has 2 atom stereocenters. The Morgan fingerprint density at radius 3 is 2.35 bits per heavy atom. The molecule has 1 aliphatic heterocycles. The van der Waals surface area contributed by atoms with Gasteiger partial charge < -0.3 is 14.8 Å². The van der Waals surface area contributed by atoms with E-state index in [9.17, 15) is 4.79 Å². The van der Waals surface area contributed by atoms with Gasteiger partial charge in [-0.2, -0.15) is 0 Å². The minimum atomic E-state index is -0.0844. The summed E-state index contributed by atoms with van der Waals surface area (Å²) in [6, 6.07) is 22.7. The summed E-state index contributed by atoms with van der Waals surface area (Å²) in [6.07, 6.45) is 1.29. The maximum atomic E-state index is 12.9. The zero-order chi connectivity index (χ0) is 24.1. The topological polar surface area (TPSA) is 50.8 Å². The van der Waals surface area contributed by atoms with E-state index in [0.717, 1.165) is 30.8 Å². The molecule has 0 aliphatic carbocycles. The Balaban J connectivity index is 1.63. The number of rotatable bonds is 8. The fourth-order valence-corrected chi connectivity index (χ4v) is 4.88.